The Morgan fingerprint density at radius 3 is 2.48 bits per heavy atom. The topological polar surface area (TPSA) is 53.5 Å². The van der Waals surface area contributed by atoms with E-state index in [4.69, 9.17) is 0 Å². The fourth-order valence-electron chi connectivity index (χ4n) is 3.30. The number of likely N-dealkylation sites (N-methyl/N-ethyl adjacent to an activating group) is 1. The average molecular weight is 385 g/mol. The Bertz CT molecular complexity index is 1090. The van der Waals surface area contributed by atoms with E-state index in [-0.39, 0.29) is 9.79 Å². The highest BCUT2D eigenvalue weighted by Crippen LogP contribution is 2.27. The van der Waals surface area contributed by atoms with Gasteiger partial charge in [-0.1, -0.05) is 12.1 Å². The number of nitrogens with zero attached hydrogens (tertiary/aromatic N) is 3. The van der Waals surface area contributed by atoms with Crippen LogP contribution in [-0.4, -0.2) is 51.5 Å². The molecule has 140 valence electrons. The average Bonchev–Trinajstić information content (AvgIpc) is 2.68. The number of sulfone groups is 1. The molecule has 0 unspecified atom stereocenters. The molecule has 0 amide bonds. The second kappa shape index (κ2) is 6.90. The minimum Gasteiger partial charge on any atom is -0.369 e. The van der Waals surface area contributed by atoms with Gasteiger partial charge in [-0.25, -0.2) is 12.8 Å². The first-order valence-electron chi connectivity index (χ1n) is 8.78. The Kier molecular flexibility index (Phi) is 4.57. The van der Waals surface area contributed by atoms with Crippen LogP contribution in [0.5, 0.6) is 0 Å². The molecule has 0 saturated carbocycles. The maximum atomic E-state index is 14.0. The summed E-state index contributed by atoms with van der Waals surface area (Å²) in [6, 6.07) is 12.8. The summed E-state index contributed by atoms with van der Waals surface area (Å²) >= 11 is 0. The van der Waals surface area contributed by atoms with Crippen LogP contribution in [0.4, 0.5) is 10.1 Å². The number of benzene rings is 2. The summed E-state index contributed by atoms with van der Waals surface area (Å²) in [4.78, 5) is 8.49. The Hall–Kier alpha value is -2.51. The van der Waals surface area contributed by atoms with Crippen molar-refractivity contribution in [3.63, 3.8) is 0 Å². The van der Waals surface area contributed by atoms with Crippen LogP contribution in [0.25, 0.3) is 10.9 Å². The molecule has 0 spiro atoms. The number of hydrogen-bond acceptors (Lipinski definition) is 5. The van der Waals surface area contributed by atoms with Gasteiger partial charge in [0.25, 0.3) is 0 Å². The van der Waals surface area contributed by atoms with E-state index in [1.54, 1.807) is 6.07 Å². The summed E-state index contributed by atoms with van der Waals surface area (Å²) in [5.74, 6) is -0.760. The maximum Gasteiger partial charge on any atom is 0.211 e. The molecule has 1 aliphatic heterocycles. The number of aromatic nitrogens is 1. The summed E-state index contributed by atoms with van der Waals surface area (Å²) in [6.07, 6.45) is 1.29. The molecule has 5 nitrogen and oxygen atoms in total. The predicted molar refractivity (Wildman–Crippen MR) is 103 cm³/mol. The molecule has 0 atom stereocenters. The van der Waals surface area contributed by atoms with Crippen LogP contribution in [0.1, 0.15) is 0 Å². The first-order chi connectivity index (χ1) is 12.9. The molecule has 1 saturated heterocycles. The highest BCUT2D eigenvalue weighted by atomic mass is 32.2. The van der Waals surface area contributed by atoms with Gasteiger partial charge in [0.05, 0.1) is 10.4 Å². The lowest BCUT2D eigenvalue weighted by Crippen LogP contribution is -2.44. The molecular weight excluding hydrogens is 365 g/mol. The van der Waals surface area contributed by atoms with Crippen molar-refractivity contribution >= 4 is 26.4 Å². The zero-order chi connectivity index (χ0) is 19.0. The Labute approximate surface area is 158 Å². The van der Waals surface area contributed by atoms with Crippen molar-refractivity contribution in [2.75, 3.05) is 38.1 Å². The van der Waals surface area contributed by atoms with E-state index in [1.165, 1.54) is 24.4 Å². The van der Waals surface area contributed by atoms with E-state index in [1.807, 2.05) is 18.2 Å². The minimum atomic E-state index is -3.96. The second-order valence-corrected chi connectivity index (χ2v) is 8.69. The van der Waals surface area contributed by atoms with Crippen molar-refractivity contribution in [3.05, 3.63) is 60.5 Å². The van der Waals surface area contributed by atoms with E-state index in [9.17, 15) is 12.8 Å². The quantitative estimate of drug-likeness (QED) is 0.694. The maximum absolute atomic E-state index is 14.0. The third-order valence-electron chi connectivity index (χ3n) is 4.94. The van der Waals surface area contributed by atoms with Gasteiger partial charge in [0.2, 0.25) is 9.84 Å². The van der Waals surface area contributed by atoms with Gasteiger partial charge < -0.3 is 9.80 Å². The second-order valence-electron chi connectivity index (χ2n) is 6.77. The van der Waals surface area contributed by atoms with Gasteiger partial charge in [-0.15, -0.1) is 0 Å². The Morgan fingerprint density at radius 2 is 1.74 bits per heavy atom. The Balaban J connectivity index is 1.74. The van der Waals surface area contributed by atoms with Gasteiger partial charge in [-0.05, 0) is 43.4 Å². The molecule has 2 heterocycles. The molecule has 2 aromatic carbocycles. The van der Waals surface area contributed by atoms with E-state index in [0.717, 1.165) is 43.3 Å². The van der Waals surface area contributed by atoms with E-state index in [2.05, 4.69) is 21.8 Å². The molecular formula is C20H20FN3O2S. The monoisotopic (exact) mass is 385 g/mol. The molecule has 1 aromatic heterocycles. The molecule has 0 radical (unpaired) electrons. The van der Waals surface area contributed by atoms with Crippen LogP contribution in [0, 0.1) is 5.82 Å². The lowest BCUT2D eigenvalue weighted by Gasteiger charge is -2.34. The lowest BCUT2D eigenvalue weighted by atomic mass is 10.1. The molecule has 1 fully saturated rings. The van der Waals surface area contributed by atoms with Gasteiger partial charge in [-0.3, -0.25) is 4.98 Å². The summed E-state index contributed by atoms with van der Waals surface area (Å²) in [7, 11) is -1.87. The van der Waals surface area contributed by atoms with Crippen LogP contribution in [0.15, 0.2) is 64.5 Å². The predicted octanol–water partition coefficient (Wildman–Crippen LogP) is 2.96. The fraction of sp³-hybridized carbons (Fsp3) is 0.250. The van der Waals surface area contributed by atoms with Gasteiger partial charge in [-0.2, -0.15) is 0 Å². The van der Waals surface area contributed by atoms with Gasteiger partial charge in [0.1, 0.15) is 10.7 Å². The van der Waals surface area contributed by atoms with Crippen molar-refractivity contribution in [1.29, 1.82) is 0 Å². The van der Waals surface area contributed by atoms with Crippen molar-refractivity contribution in [2.24, 2.45) is 0 Å². The third kappa shape index (κ3) is 3.40. The van der Waals surface area contributed by atoms with Crippen molar-refractivity contribution < 1.29 is 12.8 Å². The SMILES string of the molecule is CN1CCN(c2ccc3ncc(S(=O)(=O)c4ccccc4F)cc3c2)CC1. The van der Waals surface area contributed by atoms with E-state index >= 15 is 0 Å². The first-order valence-corrected chi connectivity index (χ1v) is 10.3. The molecule has 0 aliphatic carbocycles. The van der Waals surface area contributed by atoms with Crippen LogP contribution >= 0.6 is 0 Å². The number of fused-ring (bicyclic) bond motifs is 1. The number of piperazine rings is 1. The van der Waals surface area contributed by atoms with Gasteiger partial charge in [0, 0.05) is 43.4 Å². The highest BCUT2D eigenvalue weighted by molar-refractivity contribution is 7.91. The highest BCUT2D eigenvalue weighted by Gasteiger charge is 2.22. The smallest absolute Gasteiger partial charge is 0.211 e. The summed E-state index contributed by atoms with van der Waals surface area (Å²) < 4.78 is 39.7. The largest absolute Gasteiger partial charge is 0.369 e. The number of rotatable bonds is 3. The van der Waals surface area contributed by atoms with E-state index in [0.29, 0.717) is 5.52 Å². The fourth-order valence-corrected chi connectivity index (χ4v) is 4.61. The van der Waals surface area contributed by atoms with Crippen LogP contribution in [0.2, 0.25) is 0 Å². The zero-order valence-corrected chi connectivity index (χ0v) is 15.8. The lowest BCUT2D eigenvalue weighted by molar-refractivity contribution is 0.313. The Morgan fingerprint density at radius 1 is 1.00 bits per heavy atom. The zero-order valence-electron chi connectivity index (χ0n) is 15.0. The molecule has 7 heteroatoms. The van der Waals surface area contributed by atoms with Gasteiger partial charge in [0.15, 0.2) is 0 Å². The molecule has 4 rings (SSSR count). The summed E-state index contributed by atoms with van der Waals surface area (Å²) in [5, 5.41) is 0.726. The van der Waals surface area contributed by atoms with Crippen LogP contribution < -0.4 is 4.90 Å². The summed E-state index contributed by atoms with van der Waals surface area (Å²) in [5.41, 5.74) is 1.75. The standard InChI is InChI=1S/C20H20FN3O2S/c1-23-8-10-24(11-9-23)16-6-7-19-15(12-16)13-17(14-22-19)27(25,26)20-5-3-2-4-18(20)21/h2-7,12-14H,8-11H2,1H3. The molecule has 1 aliphatic rings. The summed E-state index contributed by atoms with van der Waals surface area (Å²) in [6.45, 7) is 3.81. The van der Waals surface area contributed by atoms with Crippen molar-refractivity contribution in [2.45, 2.75) is 9.79 Å². The molecule has 27 heavy (non-hydrogen) atoms. The number of pyridine rings is 1. The first kappa shape index (κ1) is 17.9. The molecule has 0 bridgehead atoms. The van der Waals surface area contributed by atoms with Crippen molar-refractivity contribution in [3.8, 4) is 0 Å². The van der Waals surface area contributed by atoms with Crippen LogP contribution in [0.3, 0.4) is 0 Å². The molecule has 3 aromatic rings. The van der Waals surface area contributed by atoms with Gasteiger partial charge >= 0.3 is 0 Å². The molecule has 0 N–H and O–H groups in total. The number of anilines is 1. The minimum absolute atomic E-state index is 0.00405. The third-order valence-corrected chi connectivity index (χ3v) is 6.70. The van der Waals surface area contributed by atoms with Crippen LogP contribution in [-0.2, 0) is 9.84 Å². The van der Waals surface area contributed by atoms with Crippen molar-refractivity contribution in [1.82, 2.24) is 9.88 Å². The van der Waals surface area contributed by atoms with E-state index < -0.39 is 15.7 Å². The normalized spacial score (nSPS) is 16.0. The number of hydrogen-bond donors (Lipinski definition) is 0. The number of halogens is 1.